The van der Waals surface area contributed by atoms with Gasteiger partial charge in [-0.3, -0.25) is 0 Å². The number of esters is 1. The van der Waals surface area contributed by atoms with Crippen LogP contribution in [0.5, 0.6) is 5.75 Å². The Labute approximate surface area is 148 Å². The van der Waals surface area contributed by atoms with Crippen LogP contribution in [0.15, 0.2) is 30.2 Å². The van der Waals surface area contributed by atoms with E-state index in [2.05, 4.69) is 4.74 Å². The van der Waals surface area contributed by atoms with Crippen LogP contribution in [0.3, 0.4) is 0 Å². The molecule has 0 N–H and O–H groups in total. The summed E-state index contributed by atoms with van der Waals surface area (Å²) >= 11 is 0. The molecule has 25 heavy (non-hydrogen) atoms. The van der Waals surface area contributed by atoms with Crippen LogP contribution in [0, 0.1) is 6.92 Å². The summed E-state index contributed by atoms with van der Waals surface area (Å²) < 4.78 is 20.3. The summed E-state index contributed by atoms with van der Waals surface area (Å²) in [7, 11) is 4.35. The van der Waals surface area contributed by atoms with E-state index in [0.717, 1.165) is 23.8 Å². The predicted molar refractivity (Wildman–Crippen MR) is 92.0 cm³/mol. The standard InChI is InChI=1S/C18H25NO6/c1-6-9-19(3)18(21)24-11-14-8-7-13(2)15(10-14)25-16(12-22-4)17(20)23-5/h7-8,10,12H,6,9,11H2,1-5H3/b16-12-. The fourth-order valence-corrected chi connectivity index (χ4v) is 1.97. The monoisotopic (exact) mass is 351 g/mol. The highest BCUT2D eigenvalue weighted by atomic mass is 16.6. The predicted octanol–water partition coefficient (Wildman–Crippen LogP) is 3.01. The van der Waals surface area contributed by atoms with Crippen molar-refractivity contribution in [2.75, 3.05) is 27.8 Å². The number of hydrogen-bond donors (Lipinski definition) is 0. The Hall–Kier alpha value is -2.70. The lowest BCUT2D eigenvalue weighted by atomic mass is 10.1. The Balaban J connectivity index is 2.83. The molecule has 0 radical (unpaired) electrons. The Morgan fingerprint density at radius 2 is 1.96 bits per heavy atom. The van der Waals surface area contributed by atoms with E-state index < -0.39 is 5.97 Å². The van der Waals surface area contributed by atoms with Crippen LogP contribution in [-0.2, 0) is 25.6 Å². The first-order valence-electron chi connectivity index (χ1n) is 7.89. The van der Waals surface area contributed by atoms with Crippen LogP contribution in [0.25, 0.3) is 0 Å². The molecule has 1 rings (SSSR count). The molecule has 1 aromatic carbocycles. The molecule has 7 nitrogen and oxygen atoms in total. The summed E-state index contributed by atoms with van der Waals surface area (Å²) in [5.74, 6) is -0.284. The van der Waals surface area contributed by atoms with Crippen molar-refractivity contribution < 1.29 is 28.5 Å². The number of amides is 1. The molecule has 0 spiro atoms. The minimum atomic E-state index is -0.653. The number of rotatable bonds is 8. The highest BCUT2D eigenvalue weighted by Crippen LogP contribution is 2.23. The highest BCUT2D eigenvalue weighted by molar-refractivity contribution is 5.86. The first-order valence-corrected chi connectivity index (χ1v) is 7.89. The number of benzene rings is 1. The fraction of sp³-hybridized carbons (Fsp3) is 0.444. The lowest BCUT2D eigenvalue weighted by Gasteiger charge is -2.16. The van der Waals surface area contributed by atoms with E-state index in [4.69, 9.17) is 14.2 Å². The second kappa shape index (κ2) is 10.2. The number of ether oxygens (including phenoxy) is 4. The fourth-order valence-electron chi connectivity index (χ4n) is 1.97. The zero-order valence-electron chi connectivity index (χ0n) is 15.3. The SMILES string of the molecule is CCCN(C)C(=O)OCc1ccc(C)c(O/C(=C\OC)C(=O)OC)c1. The molecule has 0 aliphatic carbocycles. The van der Waals surface area contributed by atoms with Crippen LogP contribution in [0.1, 0.15) is 24.5 Å². The third kappa shape index (κ3) is 6.37. The van der Waals surface area contributed by atoms with E-state index in [1.807, 2.05) is 26.0 Å². The van der Waals surface area contributed by atoms with Crippen molar-refractivity contribution in [3.05, 3.63) is 41.3 Å². The molecule has 7 heteroatoms. The van der Waals surface area contributed by atoms with Gasteiger partial charge in [0.1, 0.15) is 18.6 Å². The van der Waals surface area contributed by atoms with Crippen LogP contribution < -0.4 is 4.74 Å². The quantitative estimate of drug-likeness (QED) is 0.407. The second-order valence-electron chi connectivity index (χ2n) is 5.39. The molecule has 1 aromatic rings. The van der Waals surface area contributed by atoms with Crippen molar-refractivity contribution in [1.82, 2.24) is 4.90 Å². The van der Waals surface area contributed by atoms with Crippen LogP contribution >= 0.6 is 0 Å². The number of nitrogens with zero attached hydrogens (tertiary/aromatic N) is 1. The largest absolute Gasteiger partial charge is 0.500 e. The zero-order chi connectivity index (χ0) is 18.8. The number of methoxy groups -OCH3 is 2. The maximum atomic E-state index is 11.8. The summed E-state index contributed by atoms with van der Waals surface area (Å²) in [5, 5.41) is 0. The molecular weight excluding hydrogens is 326 g/mol. The van der Waals surface area contributed by atoms with Crippen LogP contribution in [0.4, 0.5) is 4.79 Å². The third-order valence-electron chi connectivity index (χ3n) is 3.32. The van der Waals surface area contributed by atoms with Crippen LogP contribution in [-0.4, -0.2) is 44.8 Å². The van der Waals surface area contributed by atoms with Crippen molar-refractivity contribution in [3.8, 4) is 5.75 Å². The summed E-state index contributed by atoms with van der Waals surface area (Å²) in [6.45, 7) is 4.55. The lowest BCUT2D eigenvalue weighted by molar-refractivity contribution is -0.138. The maximum Gasteiger partial charge on any atom is 0.409 e. The van der Waals surface area contributed by atoms with Crippen LogP contribution in [0.2, 0.25) is 0 Å². The minimum Gasteiger partial charge on any atom is -0.500 e. The summed E-state index contributed by atoms with van der Waals surface area (Å²) in [4.78, 5) is 25.0. The Kier molecular flexibility index (Phi) is 8.32. The van der Waals surface area contributed by atoms with Gasteiger partial charge in [-0.25, -0.2) is 9.59 Å². The first-order chi connectivity index (χ1) is 11.9. The molecule has 0 unspecified atom stereocenters. The summed E-state index contributed by atoms with van der Waals surface area (Å²) in [5.41, 5.74) is 1.55. The Morgan fingerprint density at radius 3 is 2.56 bits per heavy atom. The van der Waals surface area contributed by atoms with E-state index in [9.17, 15) is 9.59 Å². The van der Waals surface area contributed by atoms with E-state index >= 15 is 0 Å². The van der Waals surface area contributed by atoms with Gasteiger partial charge >= 0.3 is 12.1 Å². The zero-order valence-corrected chi connectivity index (χ0v) is 15.3. The average molecular weight is 351 g/mol. The van der Waals surface area contributed by atoms with Gasteiger partial charge in [-0.1, -0.05) is 19.1 Å². The molecule has 0 aliphatic heterocycles. The van der Waals surface area contributed by atoms with Gasteiger partial charge in [-0.05, 0) is 30.5 Å². The molecule has 0 saturated heterocycles. The summed E-state index contributed by atoms with van der Waals surface area (Å²) in [6.07, 6.45) is 1.63. The van der Waals surface area contributed by atoms with E-state index in [1.54, 1.807) is 13.1 Å². The molecule has 0 fully saturated rings. The van der Waals surface area contributed by atoms with Crippen molar-refractivity contribution in [3.63, 3.8) is 0 Å². The van der Waals surface area contributed by atoms with Crippen molar-refractivity contribution >= 4 is 12.1 Å². The number of aryl methyl sites for hydroxylation is 1. The van der Waals surface area contributed by atoms with Gasteiger partial charge < -0.3 is 23.8 Å². The van der Waals surface area contributed by atoms with Crippen molar-refractivity contribution in [2.45, 2.75) is 26.9 Å². The molecule has 1 amide bonds. The molecule has 138 valence electrons. The molecule has 0 aromatic heterocycles. The number of carbonyl (C=O) groups excluding carboxylic acids is 2. The second-order valence-corrected chi connectivity index (χ2v) is 5.39. The number of hydrogen-bond acceptors (Lipinski definition) is 6. The van der Waals surface area contributed by atoms with Gasteiger partial charge in [-0.15, -0.1) is 0 Å². The molecular formula is C18H25NO6. The molecule has 0 bridgehead atoms. The van der Waals surface area contributed by atoms with E-state index in [0.29, 0.717) is 12.3 Å². The van der Waals surface area contributed by atoms with Crippen molar-refractivity contribution in [2.24, 2.45) is 0 Å². The van der Waals surface area contributed by atoms with Gasteiger partial charge in [-0.2, -0.15) is 0 Å². The third-order valence-corrected chi connectivity index (χ3v) is 3.32. The lowest BCUT2D eigenvalue weighted by Crippen LogP contribution is -2.27. The smallest absolute Gasteiger partial charge is 0.409 e. The molecule has 0 saturated carbocycles. The Bertz CT molecular complexity index is 626. The molecule has 0 heterocycles. The maximum absolute atomic E-state index is 11.8. The summed E-state index contributed by atoms with van der Waals surface area (Å²) in [6, 6.07) is 5.35. The topological polar surface area (TPSA) is 74.3 Å². The minimum absolute atomic E-state index is 0.0788. The van der Waals surface area contributed by atoms with Gasteiger partial charge in [0.2, 0.25) is 5.76 Å². The van der Waals surface area contributed by atoms with Gasteiger partial charge in [0.05, 0.1) is 14.2 Å². The average Bonchev–Trinajstić information content (AvgIpc) is 2.60. The van der Waals surface area contributed by atoms with Crippen molar-refractivity contribution in [1.29, 1.82) is 0 Å². The normalized spacial score (nSPS) is 10.8. The van der Waals surface area contributed by atoms with Gasteiger partial charge in [0, 0.05) is 13.6 Å². The number of carbonyl (C=O) groups is 2. The first kappa shape index (κ1) is 20.3. The van der Waals surface area contributed by atoms with Gasteiger partial charge in [0.25, 0.3) is 0 Å². The van der Waals surface area contributed by atoms with E-state index in [-0.39, 0.29) is 18.5 Å². The Morgan fingerprint density at radius 1 is 1.24 bits per heavy atom. The highest BCUT2D eigenvalue weighted by Gasteiger charge is 2.15. The van der Waals surface area contributed by atoms with Gasteiger partial charge in [0.15, 0.2) is 0 Å². The van der Waals surface area contributed by atoms with E-state index in [1.165, 1.54) is 19.1 Å². The molecule has 0 aliphatic rings. The molecule has 0 atom stereocenters.